The Kier molecular flexibility index (Phi) is 5.18. The van der Waals surface area contributed by atoms with Gasteiger partial charge in [-0.1, -0.05) is 18.2 Å². The molecule has 0 bridgehead atoms. The van der Waals surface area contributed by atoms with Crippen molar-refractivity contribution in [2.45, 2.75) is 6.18 Å². The molecular weight excluding hydrogens is 479 g/mol. The predicted molar refractivity (Wildman–Crippen MR) is 127 cm³/mol. The summed E-state index contributed by atoms with van der Waals surface area (Å²) in [5.74, 6) is 0. The van der Waals surface area contributed by atoms with E-state index in [4.69, 9.17) is 0 Å². The fourth-order valence-electron chi connectivity index (χ4n) is 3.88. The second kappa shape index (κ2) is 8.11. The van der Waals surface area contributed by atoms with Gasteiger partial charge >= 0.3 is 11.9 Å². The van der Waals surface area contributed by atoms with E-state index in [0.29, 0.717) is 36.7 Å². The van der Waals surface area contributed by atoms with E-state index in [2.05, 4.69) is 15.4 Å². The molecule has 35 heavy (non-hydrogen) atoms. The first kappa shape index (κ1) is 22.4. The molecule has 0 atom stereocenters. The zero-order chi connectivity index (χ0) is 24.9. The summed E-state index contributed by atoms with van der Waals surface area (Å²) in [6.07, 6.45) is -3.21. The van der Waals surface area contributed by atoms with Crippen molar-refractivity contribution in [2.75, 3.05) is 0 Å². The van der Waals surface area contributed by atoms with Crippen LogP contribution >= 0.6 is 11.5 Å². The van der Waals surface area contributed by atoms with E-state index in [1.165, 1.54) is 12.1 Å². The molecule has 0 aliphatic rings. The number of nitrogens with zero attached hydrogens (tertiary/aromatic N) is 4. The van der Waals surface area contributed by atoms with Gasteiger partial charge in [-0.3, -0.25) is 9.36 Å². The molecule has 5 rings (SSSR count). The van der Waals surface area contributed by atoms with Gasteiger partial charge in [0.1, 0.15) is 17.5 Å². The van der Waals surface area contributed by atoms with Crippen LogP contribution in [0.15, 0.2) is 64.2 Å². The number of nitriles is 1. The van der Waals surface area contributed by atoms with Crippen molar-refractivity contribution in [3.8, 4) is 11.8 Å². The van der Waals surface area contributed by atoms with Crippen molar-refractivity contribution in [2.24, 2.45) is 7.05 Å². The molecule has 0 aliphatic heterocycles. The molecule has 0 saturated heterocycles. The number of allylic oxidation sites excluding steroid dienone is 1. The number of aromatic nitrogens is 4. The van der Waals surface area contributed by atoms with Gasteiger partial charge in [-0.05, 0) is 53.3 Å². The molecule has 0 amide bonds. The fraction of sp³-hybridized carbons (Fsp3) is 0.0833. The standard InChI is InChI=1S/C24H14F3N5O2S/c1-31-20(24(25,26)27)11-21(33)32(23(31)34)16-6-7-19-17(10-16)22(30-35-19)14(12-28)9-15-8-13-4-2-3-5-18(13)29-15/h2-11,29H,1H3. The van der Waals surface area contributed by atoms with E-state index >= 15 is 0 Å². The van der Waals surface area contributed by atoms with E-state index in [9.17, 15) is 28.0 Å². The summed E-state index contributed by atoms with van der Waals surface area (Å²) in [5, 5.41) is 11.3. The molecule has 3 heterocycles. The molecule has 2 aromatic carbocycles. The number of fused-ring (bicyclic) bond motifs is 2. The van der Waals surface area contributed by atoms with Crippen molar-refractivity contribution in [3.63, 3.8) is 0 Å². The molecule has 7 nitrogen and oxygen atoms in total. The van der Waals surface area contributed by atoms with E-state index in [0.717, 1.165) is 29.5 Å². The van der Waals surface area contributed by atoms with Crippen LogP contribution in [0.5, 0.6) is 0 Å². The monoisotopic (exact) mass is 493 g/mol. The number of aromatic amines is 1. The Hall–Kier alpha value is -4.43. The number of hydrogen-bond acceptors (Lipinski definition) is 5. The zero-order valence-electron chi connectivity index (χ0n) is 17.9. The predicted octanol–water partition coefficient (Wildman–Crippen LogP) is 4.71. The average Bonchev–Trinajstić information content (AvgIpc) is 3.42. The van der Waals surface area contributed by atoms with Crippen molar-refractivity contribution in [3.05, 3.63) is 92.5 Å². The van der Waals surface area contributed by atoms with Crippen LogP contribution in [-0.2, 0) is 13.2 Å². The highest BCUT2D eigenvalue weighted by atomic mass is 32.1. The lowest BCUT2D eigenvalue weighted by Gasteiger charge is -2.14. The lowest BCUT2D eigenvalue weighted by Crippen LogP contribution is -2.40. The summed E-state index contributed by atoms with van der Waals surface area (Å²) in [4.78, 5) is 28.4. The van der Waals surface area contributed by atoms with E-state index in [-0.39, 0.29) is 11.3 Å². The Morgan fingerprint density at radius 1 is 1.14 bits per heavy atom. The topological polar surface area (TPSA) is 96.5 Å². The fourth-order valence-corrected chi connectivity index (χ4v) is 4.65. The zero-order valence-corrected chi connectivity index (χ0v) is 18.7. The Balaban J connectivity index is 1.66. The van der Waals surface area contributed by atoms with Crippen molar-refractivity contribution in [1.29, 1.82) is 5.26 Å². The normalized spacial score (nSPS) is 12.4. The maximum absolute atomic E-state index is 13.2. The Bertz CT molecular complexity index is 1780. The maximum Gasteiger partial charge on any atom is 0.431 e. The van der Waals surface area contributed by atoms with Crippen LogP contribution in [0.25, 0.3) is 38.3 Å². The highest BCUT2D eigenvalue weighted by Crippen LogP contribution is 2.31. The summed E-state index contributed by atoms with van der Waals surface area (Å²) in [7, 11) is 0.952. The average molecular weight is 493 g/mol. The molecule has 0 spiro atoms. The highest BCUT2D eigenvalue weighted by Gasteiger charge is 2.35. The molecule has 11 heteroatoms. The third kappa shape index (κ3) is 3.83. The van der Waals surface area contributed by atoms with Gasteiger partial charge in [0.2, 0.25) is 0 Å². The van der Waals surface area contributed by atoms with Crippen molar-refractivity contribution < 1.29 is 13.2 Å². The van der Waals surface area contributed by atoms with Gasteiger partial charge < -0.3 is 4.98 Å². The number of alkyl halides is 3. The third-order valence-corrected chi connectivity index (χ3v) is 6.38. The Morgan fingerprint density at radius 2 is 1.91 bits per heavy atom. The van der Waals surface area contributed by atoms with E-state index in [1.807, 2.05) is 30.3 Å². The quantitative estimate of drug-likeness (QED) is 0.368. The summed E-state index contributed by atoms with van der Waals surface area (Å²) in [6, 6.07) is 16.6. The molecule has 0 unspecified atom stereocenters. The molecule has 5 aromatic rings. The number of hydrogen-bond donors (Lipinski definition) is 1. The smallest absolute Gasteiger partial charge is 0.355 e. The highest BCUT2D eigenvalue weighted by molar-refractivity contribution is 7.13. The van der Waals surface area contributed by atoms with Gasteiger partial charge in [0, 0.05) is 29.7 Å². The molecular formula is C24H14F3N5O2S. The van der Waals surface area contributed by atoms with Crippen LogP contribution in [0.1, 0.15) is 17.1 Å². The largest absolute Gasteiger partial charge is 0.431 e. The van der Waals surface area contributed by atoms with Gasteiger partial charge in [-0.15, -0.1) is 0 Å². The maximum atomic E-state index is 13.2. The SMILES string of the molecule is Cn1c(C(F)(F)F)cc(=O)n(-c2ccc3snc(C(C#N)=Cc4cc5ccccc5[nH]4)c3c2)c1=O. The Morgan fingerprint density at radius 3 is 2.63 bits per heavy atom. The van der Waals surface area contributed by atoms with Gasteiger partial charge in [-0.2, -0.15) is 22.8 Å². The second-order valence-corrected chi connectivity index (χ2v) is 8.54. The number of rotatable bonds is 3. The van der Waals surface area contributed by atoms with E-state index < -0.39 is 23.1 Å². The number of halogens is 3. The summed E-state index contributed by atoms with van der Waals surface area (Å²) < 4.78 is 45.6. The Labute approximate surface area is 198 Å². The molecule has 1 N–H and O–H groups in total. The van der Waals surface area contributed by atoms with E-state index in [1.54, 1.807) is 12.1 Å². The lowest BCUT2D eigenvalue weighted by atomic mass is 10.1. The minimum absolute atomic E-state index is 0.0705. The number of para-hydroxylation sites is 1. The molecule has 0 radical (unpaired) electrons. The minimum Gasteiger partial charge on any atom is -0.355 e. The first-order valence-electron chi connectivity index (χ1n) is 10.2. The number of H-pyrrole nitrogens is 1. The summed E-state index contributed by atoms with van der Waals surface area (Å²) in [6.45, 7) is 0. The van der Waals surface area contributed by atoms with Gasteiger partial charge in [0.05, 0.1) is 16.0 Å². The molecule has 0 saturated carbocycles. The molecule has 0 aliphatic carbocycles. The van der Waals surface area contributed by atoms with Crippen LogP contribution in [0, 0.1) is 11.3 Å². The first-order valence-corrected chi connectivity index (χ1v) is 10.9. The van der Waals surface area contributed by atoms with Crippen LogP contribution in [0.3, 0.4) is 0 Å². The third-order valence-electron chi connectivity index (χ3n) is 5.55. The van der Waals surface area contributed by atoms with Crippen molar-refractivity contribution >= 4 is 44.2 Å². The minimum atomic E-state index is -4.85. The van der Waals surface area contributed by atoms with Gasteiger partial charge in [0.25, 0.3) is 5.56 Å². The van der Waals surface area contributed by atoms with Crippen LogP contribution in [0.2, 0.25) is 0 Å². The number of benzene rings is 2. The summed E-state index contributed by atoms with van der Waals surface area (Å²) >= 11 is 1.12. The second-order valence-electron chi connectivity index (χ2n) is 7.74. The first-order chi connectivity index (χ1) is 16.7. The van der Waals surface area contributed by atoms with Crippen LogP contribution in [-0.4, -0.2) is 18.5 Å². The lowest BCUT2D eigenvalue weighted by molar-refractivity contribution is -0.144. The molecule has 3 aromatic heterocycles. The van der Waals surface area contributed by atoms with Gasteiger partial charge in [0.15, 0.2) is 0 Å². The molecule has 0 fully saturated rings. The van der Waals surface area contributed by atoms with Crippen molar-refractivity contribution in [1.82, 2.24) is 18.5 Å². The van der Waals surface area contributed by atoms with Crippen LogP contribution in [0.4, 0.5) is 13.2 Å². The van der Waals surface area contributed by atoms with Crippen LogP contribution < -0.4 is 11.2 Å². The van der Waals surface area contributed by atoms with Gasteiger partial charge in [-0.25, -0.2) is 9.36 Å². The molecule has 174 valence electrons. The summed E-state index contributed by atoms with van der Waals surface area (Å²) in [5.41, 5.74) is -1.34. The number of nitrogens with one attached hydrogen (secondary N) is 1.